The molecule has 5 unspecified atom stereocenters. The Balaban J connectivity index is 2.00. The van der Waals surface area contributed by atoms with Crippen LogP contribution in [0.25, 0.3) is 11.3 Å². The van der Waals surface area contributed by atoms with Crippen molar-refractivity contribution in [1.82, 2.24) is 15.0 Å². The molecule has 5 atom stereocenters. The molecule has 0 bridgehead atoms. The number of ether oxygens (including phenoxy) is 2. The molecule has 0 aliphatic carbocycles. The third-order valence-electron chi connectivity index (χ3n) is 4.52. The van der Waals surface area contributed by atoms with Crippen molar-refractivity contribution >= 4 is 5.91 Å². The Morgan fingerprint density at radius 3 is 2.54 bits per heavy atom. The molecule has 1 aliphatic heterocycles. The Labute approximate surface area is 156 Å². The second-order valence-corrected chi connectivity index (χ2v) is 6.20. The fourth-order valence-corrected chi connectivity index (χ4v) is 3.15. The highest BCUT2D eigenvalue weighted by atomic mass is 19.2. The van der Waals surface area contributed by atoms with Crippen LogP contribution in [0.1, 0.15) is 6.04 Å². The number of methoxy groups -OCH3 is 1. The van der Waals surface area contributed by atoms with E-state index < -0.39 is 60.4 Å². The van der Waals surface area contributed by atoms with Crippen molar-refractivity contribution in [3.63, 3.8) is 0 Å². The molecule has 1 aliphatic rings. The van der Waals surface area contributed by atoms with Crippen LogP contribution in [-0.2, 0) is 14.3 Å². The lowest BCUT2D eigenvalue weighted by Crippen LogP contribution is -2.60. The first kappa shape index (κ1) is 20.2. The van der Waals surface area contributed by atoms with Gasteiger partial charge in [0.25, 0.3) is 0 Å². The maximum atomic E-state index is 13.5. The Kier molecular flexibility index (Phi) is 5.65. The van der Waals surface area contributed by atoms with E-state index in [1.807, 2.05) is 0 Å². The van der Waals surface area contributed by atoms with Gasteiger partial charge in [0.15, 0.2) is 23.6 Å². The molecule has 1 aromatic heterocycles. The summed E-state index contributed by atoms with van der Waals surface area (Å²) in [7, 11) is 1.26. The second kappa shape index (κ2) is 7.83. The van der Waals surface area contributed by atoms with Gasteiger partial charge in [-0.2, -0.15) is 0 Å². The molecule has 2 heterocycles. The van der Waals surface area contributed by atoms with Gasteiger partial charge in [0.2, 0.25) is 5.91 Å². The van der Waals surface area contributed by atoms with E-state index in [2.05, 4.69) is 10.3 Å². The van der Waals surface area contributed by atoms with Crippen LogP contribution >= 0.6 is 0 Å². The summed E-state index contributed by atoms with van der Waals surface area (Å²) in [5.74, 6) is -5.31. The van der Waals surface area contributed by atoms with Gasteiger partial charge in [-0.25, -0.2) is 17.9 Å². The van der Waals surface area contributed by atoms with Crippen molar-refractivity contribution in [2.24, 2.45) is 5.73 Å². The zero-order chi connectivity index (χ0) is 20.6. The minimum absolute atomic E-state index is 0.0254. The van der Waals surface area contributed by atoms with Crippen molar-refractivity contribution in [1.29, 1.82) is 0 Å². The number of carbonyl (C=O) groups is 1. The Bertz CT molecular complexity index is 857. The van der Waals surface area contributed by atoms with Gasteiger partial charge >= 0.3 is 0 Å². The minimum atomic E-state index is -1.62. The molecule has 4 N–H and O–H groups in total. The van der Waals surface area contributed by atoms with Crippen molar-refractivity contribution in [3.05, 3.63) is 35.8 Å². The number of aromatic nitrogens is 3. The molecule has 1 saturated heterocycles. The van der Waals surface area contributed by atoms with Crippen LogP contribution in [0.15, 0.2) is 18.3 Å². The number of nitrogens with two attached hydrogens (primary N) is 1. The molecule has 1 aromatic carbocycles. The fourth-order valence-electron chi connectivity index (χ4n) is 3.15. The molecule has 28 heavy (non-hydrogen) atoms. The third-order valence-corrected chi connectivity index (χ3v) is 4.52. The first-order valence-corrected chi connectivity index (χ1v) is 8.11. The Morgan fingerprint density at radius 1 is 1.36 bits per heavy atom. The Hall–Kier alpha value is -2.54. The van der Waals surface area contributed by atoms with Crippen LogP contribution in [0.2, 0.25) is 0 Å². The SMILES string of the molecule is COC1C(C(N)=O)OC(CO)C(O)C1n1cc(-c2cc(F)c(F)c(F)c2)nn1. The number of hydrogen-bond donors (Lipinski definition) is 3. The van der Waals surface area contributed by atoms with Gasteiger partial charge in [-0.1, -0.05) is 5.21 Å². The topological polar surface area (TPSA) is 133 Å². The van der Waals surface area contributed by atoms with E-state index in [0.717, 1.165) is 16.8 Å². The molecule has 3 rings (SSSR count). The molecular formula is C16H17F3N4O5. The molecule has 12 heteroatoms. The van der Waals surface area contributed by atoms with Crippen LogP contribution < -0.4 is 5.73 Å². The molecule has 152 valence electrons. The van der Waals surface area contributed by atoms with Crippen LogP contribution in [0.3, 0.4) is 0 Å². The average Bonchev–Trinajstić information content (AvgIpc) is 3.14. The predicted octanol–water partition coefficient (Wildman–Crippen LogP) is -0.476. The summed E-state index contributed by atoms with van der Waals surface area (Å²) in [5.41, 5.74) is 5.19. The summed E-state index contributed by atoms with van der Waals surface area (Å²) in [6, 6.07) is 0.415. The largest absolute Gasteiger partial charge is 0.394 e. The molecule has 9 nitrogen and oxygen atoms in total. The van der Waals surface area contributed by atoms with E-state index in [0.29, 0.717) is 0 Å². The van der Waals surface area contributed by atoms with E-state index in [-0.39, 0.29) is 11.3 Å². The number of primary amides is 1. The van der Waals surface area contributed by atoms with Crippen molar-refractivity contribution in [2.45, 2.75) is 30.5 Å². The van der Waals surface area contributed by atoms with Gasteiger partial charge in [0, 0.05) is 12.7 Å². The lowest BCUT2D eigenvalue weighted by atomic mass is 9.92. The number of carbonyl (C=O) groups excluding carboxylic acids is 1. The van der Waals surface area contributed by atoms with Crippen molar-refractivity contribution in [3.8, 4) is 11.3 Å². The number of hydrogen-bond acceptors (Lipinski definition) is 7. The summed E-state index contributed by atoms with van der Waals surface area (Å²) in [6.45, 7) is -0.617. The average molecular weight is 402 g/mol. The summed E-state index contributed by atoms with van der Waals surface area (Å²) < 4.78 is 51.7. The van der Waals surface area contributed by atoms with Crippen molar-refractivity contribution < 1.29 is 37.7 Å². The molecule has 0 radical (unpaired) electrons. The highest BCUT2D eigenvalue weighted by molar-refractivity contribution is 5.79. The van der Waals surface area contributed by atoms with Gasteiger partial charge in [-0.05, 0) is 12.1 Å². The first-order chi connectivity index (χ1) is 13.3. The quantitative estimate of drug-likeness (QED) is 0.576. The molecule has 2 aromatic rings. The fraction of sp³-hybridized carbons (Fsp3) is 0.438. The molecular weight excluding hydrogens is 385 g/mol. The second-order valence-electron chi connectivity index (χ2n) is 6.20. The van der Waals surface area contributed by atoms with Crippen LogP contribution in [-0.4, -0.2) is 69.2 Å². The lowest BCUT2D eigenvalue weighted by molar-refractivity contribution is -0.211. The smallest absolute Gasteiger partial charge is 0.249 e. The molecule has 1 amide bonds. The molecule has 1 fully saturated rings. The number of benzene rings is 1. The minimum Gasteiger partial charge on any atom is -0.394 e. The zero-order valence-corrected chi connectivity index (χ0v) is 14.5. The summed E-state index contributed by atoms with van der Waals surface area (Å²) in [4.78, 5) is 11.7. The number of aliphatic hydroxyl groups is 2. The van der Waals surface area contributed by atoms with E-state index in [1.165, 1.54) is 13.3 Å². The van der Waals surface area contributed by atoms with Crippen LogP contribution in [0.5, 0.6) is 0 Å². The normalized spacial score (nSPS) is 27.7. The third kappa shape index (κ3) is 3.46. The zero-order valence-electron chi connectivity index (χ0n) is 14.5. The predicted molar refractivity (Wildman–Crippen MR) is 86.1 cm³/mol. The highest BCUT2D eigenvalue weighted by Crippen LogP contribution is 2.32. The van der Waals surface area contributed by atoms with Gasteiger partial charge in [-0.15, -0.1) is 5.10 Å². The molecule has 0 saturated carbocycles. The van der Waals surface area contributed by atoms with Crippen LogP contribution in [0.4, 0.5) is 13.2 Å². The summed E-state index contributed by atoms with van der Waals surface area (Å²) in [6.07, 6.45) is -3.70. The first-order valence-electron chi connectivity index (χ1n) is 8.11. The van der Waals surface area contributed by atoms with Gasteiger partial charge < -0.3 is 25.4 Å². The maximum Gasteiger partial charge on any atom is 0.249 e. The van der Waals surface area contributed by atoms with E-state index in [1.54, 1.807) is 0 Å². The van der Waals surface area contributed by atoms with Gasteiger partial charge in [-0.3, -0.25) is 4.79 Å². The van der Waals surface area contributed by atoms with Crippen LogP contribution in [0, 0.1) is 17.5 Å². The number of halogens is 3. The summed E-state index contributed by atoms with van der Waals surface area (Å²) in [5, 5.41) is 27.5. The number of amides is 1. The van der Waals surface area contributed by atoms with E-state index >= 15 is 0 Å². The van der Waals surface area contributed by atoms with E-state index in [4.69, 9.17) is 15.2 Å². The van der Waals surface area contributed by atoms with Crippen molar-refractivity contribution in [2.75, 3.05) is 13.7 Å². The van der Waals surface area contributed by atoms with Gasteiger partial charge in [0.05, 0.1) is 12.8 Å². The maximum absolute atomic E-state index is 13.5. The standard InChI is InChI=1S/C16H17F3N4O5/c1-27-14-12(13(25)10(5-24)28-15(14)16(20)26)23-4-9(21-22-23)6-2-7(17)11(19)8(18)3-6/h2-4,10,12-15,24-25H,5H2,1H3,(H2,20,26). The number of aliphatic hydroxyl groups excluding tert-OH is 2. The monoisotopic (exact) mass is 402 g/mol. The Morgan fingerprint density at radius 2 is 2.00 bits per heavy atom. The highest BCUT2D eigenvalue weighted by Gasteiger charge is 2.49. The molecule has 0 spiro atoms. The summed E-state index contributed by atoms with van der Waals surface area (Å²) >= 11 is 0. The number of rotatable bonds is 5. The lowest BCUT2D eigenvalue weighted by Gasteiger charge is -2.42. The van der Waals surface area contributed by atoms with E-state index in [9.17, 15) is 28.2 Å². The van der Waals surface area contributed by atoms with Gasteiger partial charge in [0.1, 0.15) is 30.0 Å². The number of nitrogens with zero attached hydrogens (tertiary/aromatic N) is 3.